The number of nitrogens with one attached hydrogen (secondary N) is 2. The summed E-state index contributed by atoms with van der Waals surface area (Å²) in [5.74, 6) is 3.32. The van der Waals surface area contributed by atoms with E-state index >= 15 is 0 Å². The van der Waals surface area contributed by atoms with E-state index in [4.69, 9.17) is 16.1 Å². The highest BCUT2D eigenvalue weighted by molar-refractivity contribution is 5.79. The van der Waals surface area contributed by atoms with Crippen LogP contribution in [0.5, 0.6) is 0 Å². The first-order valence-electron chi connectivity index (χ1n) is 9.65. The molecule has 0 aromatic rings. The number of nitrogens with two attached hydrogens (primary N) is 3. The Balaban J connectivity index is 0.000000383. The first-order chi connectivity index (χ1) is 11.4. The minimum atomic E-state index is -0.333. The molecule has 6 nitrogen and oxygen atoms in total. The molecule has 8 N–H and O–H groups in total. The number of rotatable bonds is 2. The number of hydrogen-bond acceptors (Lipinski definition) is 2. The van der Waals surface area contributed by atoms with Gasteiger partial charge in [-0.3, -0.25) is 10.4 Å². The maximum Gasteiger partial charge on any atom is 0.189 e. The molecule has 0 saturated heterocycles. The lowest BCUT2D eigenvalue weighted by molar-refractivity contribution is -0.0103. The number of nitrogens with zero attached hydrogens (tertiary/aromatic N) is 1. The average Bonchev–Trinajstić information content (AvgIpc) is 2.45. The van der Waals surface area contributed by atoms with E-state index in [1.807, 2.05) is 0 Å². The lowest BCUT2D eigenvalue weighted by atomic mass is 9.53. The fraction of sp³-hybridized carbons (Fsp3) is 0.889. The third-order valence-corrected chi connectivity index (χ3v) is 6.33. The van der Waals surface area contributed by atoms with E-state index in [1.165, 1.54) is 70.6 Å². The van der Waals surface area contributed by atoms with Crippen molar-refractivity contribution in [3.8, 4) is 0 Å². The molecule has 0 spiro atoms. The SMILES string of the molecule is N=C(N)N.NC(=NC1CCCCC1)NC12CC3CC(CC(C3)C1)C2. The molecule has 5 rings (SSSR count). The van der Waals surface area contributed by atoms with Gasteiger partial charge in [0, 0.05) is 5.54 Å². The number of hydrogen-bond donors (Lipinski definition) is 5. The van der Waals surface area contributed by atoms with Gasteiger partial charge in [-0.25, -0.2) is 0 Å². The Morgan fingerprint density at radius 3 is 1.79 bits per heavy atom. The minimum Gasteiger partial charge on any atom is -0.370 e. The van der Waals surface area contributed by atoms with Crippen molar-refractivity contribution in [2.24, 2.45) is 39.9 Å². The summed E-state index contributed by atoms with van der Waals surface area (Å²) in [6, 6.07) is 0.491. The molecule has 5 aliphatic rings. The van der Waals surface area contributed by atoms with Crippen molar-refractivity contribution < 1.29 is 0 Å². The van der Waals surface area contributed by atoms with Gasteiger partial charge in [-0.2, -0.15) is 0 Å². The highest BCUT2D eigenvalue weighted by Gasteiger charge is 2.51. The first-order valence-corrected chi connectivity index (χ1v) is 9.65. The molecule has 4 bridgehead atoms. The topological polar surface area (TPSA) is 126 Å². The van der Waals surface area contributed by atoms with E-state index in [9.17, 15) is 0 Å². The molecule has 0 atom stereocenters. The predicted octanol–water partition coefficient (Wildman–Crippen LogP) is 2.03. The lowest BCUT2D eigenvalue weighted by Gasteiger charge is -2.57. The van der Waals surface area contributed by atoms with Crippen LogP contribution < -0.4 is 22.5 Å². The first kappa shape index (κ1) is 17.4. The van der Waals surface area contributed by atoms with Crippen molar-refractivity contribution in [3.63, 3.8) is 0 Å². The lowest BCUT2D eigenvalue weighted by Crippen LogP contribution is -2.61. The molecular formula is C18H34N6. The Kier molecular flexibility index (Phi) is 5.21. The Morgan fingerprint density at radius 2 is 1.33 bits per heavy atom. The van der Waals surface area contributed by atoms with Crippen LogP contribution in [0, 0.1) is 23.2 Å². The highest BCUT2D eigenvalue weighted by atomic mass is 15.2. The molecule has 24 heavy (non-hydrogen) atoms. The van der Waals surface area contributed by atoms with Crippen LogP contribution in [0.2, 0.25) is 0 Å². The number of guanidine groups is 2. The smallest absolute Gasteiger partial charge is 0.189 e. The van der Waals surface area contributed by atoms with Gasteiger partial charge in [0.2, 0.25) is 0 Å². The van der Waals surface area contributed by atoms with Gasteiger partial charge in [0.1, 0.15) is 0 Å². The molecule has 0 aliphatic heterocycles. The monoisotopic (exact) mass is 334 g/mol. The summed E-state index contributed by atoms with van der Waals surface area (Å²) >= 11 is 0. The van der Waals surface area contributed by atoms with E-state index in [-0.39, 0.29) is 5.96 Å². The summed E-state index contributed by atoms with van der Waals surface area (Å²) in [5, 5.41) is 9.76. The van der Waals surface area contributed by atoms with Crippen molar-refractivity contribution >= 4 is 11.9 Å². The van der Waals surface area contributed by atoms with Crippen LogP contribution in [0.25, 0.3) is 0 Å². The summed E-state index contributed by atoms with van der Waals surface area (Å²) in [4.78, 5) is 4.80. The molecule has 6 heteroatoms. The summed E-state index contributed by atoms with van der Waals surface area (Å²) in [6.45, 7) is 0. The minimum absolute atomic E-state index is 0.316. The van der Waals surface area contributed by atoms with Crippen molar-refractivity contribution in [2.45, 2.75) is 82.2 Å². The van der Waals surface area contributed by atoms with Gasteiger partial charge in [0.25, 0.3) is 0 Å². The van der Waals surface area contributed by atoms with Crippen LogP contribution in [0.4, 0.5) is 0 Å². The van der Waals surface area contributed by atoms with Gasteiger partial charge < -0.3 is 22.5 Å². The molecule has 0 amide bonds. The van der Waals surface area contributed by atoms with Gasteiger partial charge >= 0.3 is 0 Å². The summed E-state index contributed by atoms with van der Waals surface area (Å²) in [5.41, 5.74) is 15.5. The van der Waals surface area contributed by atoms with E-state index in [2.05, 4.69) is 16.8 Å². The molecular weight excluding hydrogens is 300 g/mol. The third-order valence-electron chi connectivity index (χ3n) is 6.33. The summed E-state index contributed by atoms with van der Waals surface area (Å²) < 4.78 is 0. The molecule has 0 unspecified atom stereocenters. The Morgan fingerprint density at radius 1 is 0.875 bits per heavy atom. The fourth-order valence-electron chi connectivity index (χ4n) is 5.97. The maximum atomic E-state index is 6.26. The molecule has 0 radical (unpaired) electrons. The largest absolute Gasteiger partial charge is 0.370 e. The highest BCUT2D eigenvalue weighted by Crippen LogP contribution is 2.55. The molecule has 136 valence electrons. The Bertz CT molecular complexity index is 441. The molecule has 5 aliphatic carbocycles. The second kappa shape index (κ2) is 7.19. The second-order valence-corrected chi connectivity index (χ2v) is 8.58. The molecule has 0 heterocycles. The Hall–Kier alpha value is -1.46. The van der Waals surface area contributed by atoms with Crippen LogP contribution in [0.15, 0.2) is 4.99 Å². The van der Waals surface area contributed by atoms with Crippen LogP contribution in [-0.4, -0.2) is 23.5 Å². The van der Waals surface area contributed by atoms with E-state index in [0.29, 0.717) is 11.6 Å². The Labute approximate surface area is 145 Å². The zero-order chi connectivity index (χ0) is 17.2. The zero-order valence-electron chi connectivity index (χ0n) is 14.8. The van der Waals surface area contributed by atoms with Crippen LogP contribution in [0.1, 0.15) is 70.6 Å². The van der Waals surface area contributed by atoms with Crippen LogP contribution in [0.3, 0.4) is 0 Å². The van der Waals surface area contributed by atoms with Gasteiger partial charge in [-0.1, -0.05) is 19.3 Å². The van der Waals surface area contributed by atoms with Crippen LogP contribution in [-0.2, 0) is 0 Å². The van der Waals surface area contributed by atoms with E-state index < -0.39 is 0 Å². The van der Waals surface area contributed by atoms with Gasteiger partial charge in [-0.05, 0) is 69.1 Å². The quantitative estimate of drug-likeness (QED) is 0.391. The average molecular weight is 335 g/mol. The molecule has 5 saturated carbocycles. The molecule has 0 aromatic heterocycles. The van der Waals surface area contributed by atoms with E-state index in [1.54, 1.807) is 0 Å². The zero-order valence-corrected chi connectivity index (χ0v) is 14.8. The van der Waals surface area contributed by atoms with Gasteiger partial charge in [0.05, 0.1) is 6.04 Å². The molecule has 5 fully saturated rings. The van der Waals surface area contributed by atoms with Crippen LogP contribution >= 0.6 is 0 Å². The second-order valence-electron chi connectivity index (χ2n) is 8.58. The standard InChI is InChI=1S/C17H29N3.CH5N3/c18-16(19-15-4-2-1-3-5-15)20-17-9-12-6-13(10-17)8-14(7-12)11-17;2-1(3)4/h12-15H,1-11H2,(H3,18,19,20);(H5,2,3,4). The fourth-order valence-corrected chi connectivity index (χ4v) is 5.97. The van der Waals surface area contributed by atoms with Crippen molar-refractivity contribution in [3.05, 3.63) is 0 Å². The normalized spacial score (nSPS) is 38.3. The molecule has 0 aromatic carbocycles. The van der Waals surface area contributed by atoms with Gasteiger partial charge in [0.15, 0.2) is 11.9 Å². The predicted molar refractivity (Wildman–Crippen MR) is 98.6 cm³/mol. The summed E-state index contributed by atoms with van der Waals surface area (Å²) in [6.07, 6.45) is 15.0. The van der Waals surface area contributed by atoms with E-state index in [0.717, 1.165) is 23.7 Å². The van der Waals surface area contributed by atoms with Gasteiger partial charge in [-0.15, -0.1) is 0 Å². The number of aliphatic imine (C=N–C) groups is 1. The van der Waals surface area contributed by atoms with Crippen molar-refractivity contribution in [2.75, 3.05) is 0 Å². The third kappa shape index (κ3) is 4.33. The van der Waals surface area contributed by atoms with Crippen molar-refractivity contribution in [1.82, 2.24) is 5.32 Å². The summed E-state index contributed by atoms with van der Waals surface area (Å²) in [7, 11) is 0. The maximum absolute atomic E-state index is 6.26. The van der Waals surface area contributed by atoms with Crippen molar-refractivity contribution in [1.29, 1.82) is 5.41 Å².